The molecule has 0 heterocycles. The third-order valence-corrected chi connectivity index (χ3v) is 5.39. The normalized spacial score (nSPS) is 13.4. The van der Waals surface area contributed by atoms with E-state index in [1.807, 2.05) is 0 Å². The van der Waals surface area contributed by atoms with Crippen LogP contribution in [0, 0.1) is 0 Å². The molecule has 20 heavy (non-hydrogen) atoms. The van der Waals surface area contributed by atoms with E-state index >= 15 is 0 Å². The Kier molecular flexibility index (Phi) is 13.4. The molecule has 1 aromatic rings. The van der Waals surface area contributed by atoms with E-state index < -0.39 is 0 Å². The van der Waals surface area contributed by atoms with Crippen molar-refractivity contribution >= 4 is 0 Å². The third-order valence-electron chi connectivity index (χ3n) is 2.88. The molecule has 0 saturated heterocycles. The summed E-state index contributed by atoms with van der Waals surface area (Å²) in [7, 11) is 4.34. The molecule has 0 radical (unpaired) electrons. The molecule has 0 saturated carbocycles. The Labute approximate surface area is 150 Å². The van der Waals surface area contributed by atoms with Gasteiger partial charge < -0.3 is 37.2 Å². The summed E-state index contributed by atoms with van der Waals surface area (Å²) in [5, 5.41) is 0. The van der Waals surface area contributed by atoms with Crippen molar-refractivity contribution in [1.29, 1.82) is 0 Å². The van der Waals surface area contributed by atoms with E-state index in [2.05, 4.69) is 67.6 Å². The molecule has 0 N–H and O–H groups in total. The number of allylic oxidation sites excluding steroid dienone is 4. The quantitative estimate of drug-likeness (QED) is 0.469. The Balaban J connectivity index is 0. The maximum Gasteiger partial charge on any atom is -1.00 e. The maximum atomic E-state index is 2.33. The van der Waals surface area contributed by atoms with E-state index in [-0.39, 0.29) is 56.4 Å². The summed E-state index contributed by atoms with van der Waals surface area (Å²) in [6, 6.07) is 11.0. The van der Waals surface area contributed by atoms with Gasteiger partial charge >= 0.3 is 113 Å². The summed E-state index contributed by atoms with van der Waals surface area (Å²) in [6.45, 7) is 1.17. The minimum atomic E-state index is -0.0466. The minimum absolute atomic E-state index is 0. The van der Waals surface area contributed by atoms with Crippen LogP contribution in [-0.2, 0) is 19.2 Å². The van der Waals surface area contributed by atoms with Crippen molar-refractivity contribution in [2.24, 2.45) is 0 Å². The Hall–Kier alpha value is 0.244. The topological polar surface area (TPSA) is 3.24 Å². The van der Waals surface area contributed by atoms with E-state index in [0.29, 0.717) is 0 Å². The number of benzene rings is 1. The summed E-state index contributed by atoms with van der Waals surface area (Å²) < 4.78 is 2.41. The third kappa shape index (κ3) is 7.31. The smallest absolute Gasteiger partial charge is 1.00 e. The zero-order chi connectivity index (χ0) is 12.1. The summed E-state index contributed by atoms with van der Waals surface area (Å²) in [4.78, 5) is 2.31. The van der Waals surface area contributed by atoms with Crippen molar-refractivity contribution in [1.82, 2.24) is 4.90 Å². The van der Waals surface area contributed by atoms with Gasteiger partial charge in [-0.05, 0) is 0 Å². The molecule has 0 aromatic heterocycles. The summed E-state index contributed by atoms with van der Waals surface area (Å²) in [5.41, 5.74) is 1.51. The van der Waals surface area contributed by atoms with Crippen molar-refractivity contribution in [3.8, 4) is 0 Å². The first kappa shape index (κ1) is 22.5. The van der Waals surface area contributed by atoms with E-state index in [4.69, 9.17) is 0 Å². The predicted octanol–water partition coefficient (Wildman–Crippen LogP) is -5.77. The summed E-state index contributed by atoms with van der Waals surface area (Å²) in [5.74, 6) is 0. The molecule has 0 bridgehead atoms. The molecule has 0 fully saturated rings. The van der Waals surface area contributed by atoms with Crippen LogP contribution in [-0.4, -0.2) is 25.5 Å². The summed E-state index contributed by atoms with van der Waals surface area (Å²) in [6.07, 6.45) is 8.00. The van der Waals surface area contributed by atoms with Crippen LogP contribution in [0.5, 0.6) is 0 Å². The van der Waals surface area contributed by atoms with Crippen LogP contribution >= 0.6 is 0 Å². The Morgan fingerprint density at radius 3 is 2.25 bits per heavy atom. The standard InChI is InChI=1S/C10H14N.C5H5.3ClH.Ti/c1-11(2)9-8-10-6-4-3-5-7-10;1-2-4-5-3-1;;;;/h3-8H,9H2,1-2H3;1-3H,4H2;3*1H;/q;;;;;+3/p-3. The van der Waals surface area contributed by atoms with Gasteiger partial charge in [-0.25, -0.2) is 0 Å². The number of likely N-dealkylation sites (N-methyl/N-ethyl adjacent to an activating group) is 1. The number of nitrogens with zero attached hydrogens (tertiary/aromatic N) is 1. The van der Waals surface area contributed by atoms with Crippen LogP contribution in [0.1, 0.15) is 16.2 Å². The molecule has 2 rings (SSSR count). The van der Waals surface area contributed by atoms with Crippen molar-refractivity contribution in [3.63, 3.8) is 0 Å². The second-order valence-corrected chi connectivity index (χ2v) is 7.24. The second kappa shape index (κ2) is 11.9. The van der Waals surface area contributed by atoms with Gasteiger partial charge in [-0.1, -0.05) is 0 Å². The SMILES string of the molecule is CN(C)C[CH]([Ti+3][C]1=CC=CC1)c1ccccc1.[Cl-].[Cl-].[Cl-]. The Morgan fingerprint density at radius 2 is 1.75 bits per heavy atom. The average molecular weight is 368 g/mol. The van der Waals surface area contributed by atoms with Crippen molar-refractivity contribution in [2.75, 3.05) is 20.6 Å². The largest absolute Gasteiger partial charge is 1.00 e. The second-order valence-electron chi connectivity index (χ2n) is 4.69. The fourth-order valence-electron chi connectivity index (χ4n) is 2.06. The van der Waals surface area contributed by atoms with Crippen LogP contribution < -0.4 is 37.2 Å². The van der Waals surface area contributed by atoms with Gasteiger partial charge in [0.05, 0.1) is 0 Å². The molecule has 1 aliphatic rings. The number of hydrogen-bond acceptors (Lipinski definition) is 1. The number of rotatable bonds is 5. The maximum absolute atomic E-state index is 2.33. The summed E-state index contributed by atoms with van der Waals surface area (Å²) >= 11 is -0.0466. The van der Waals surface area contributed by atoms with Crippen molar-refractivity contribution < 1.29 is 56.4 Å². The van der Waals surface area contributed by atoms with Crippen molar-refractivity contribution in [2.45, 2.75) is 10.6 Å². The first-order chi connectivity index (χ1) is 8.25. The fourth-order valence-corrected chi connectivity index (χ4v) is 4.70. The molecule has 0 spiro atoms. The average Bonchev–Trinajstić information content (AvgIpc) is 2.82. The van der Waals surface area contributed by atoms with Crippen molar-refractivity contribution in [3.05, 3.63) is 58.0 Å². The van der Waals surface area contributed by atoms with E-state index in [1.54, 1.807) is 3.88 Å². The molecule has 1 nitrogen and oxygen atoms in total. The van der Waals surface area contributed by atoms with Gasteiger partial charge in [0.1, 0.15) is 0 Å². The molecule has 0 aliphatic heterocycles. The molecular weight excluding hydrogens is 348 g/mol. The first-order valence-corrected chi connectivity index (χ1v) is 7.76. The van der Waals surface area contributed by atoms with E-state index in [0.717, 1.165) is 4.22 Å². The minimum Gasteiger partial charge on any atom is -1.00 e. The van der Waals surface area contributed by atoms with Gasteiger partial charge in [-0.15, -0.1) is 0 Å². The monoisotopic (exact) mass is 366 g/mol. The molecular formula is C15H19Cl3NTi. The van der Waals surface area contributed by atoms with Crippen LogP contribution in [0.25, 0.3) is 0 Å². The van der Waals surface area contributed by atoms with Crippen LogP contribution in [0.4, 0.5) is 0 Å². The number of hydrogen-bond donors (Lipinski definition) is 0. The predicted molar refractivity (Wildman–Crippen MR) is 69.6 cm³/mol. The number of halogens is 3. The van der Waals surface area contributed by atoms with Gasteiger partial charge in [-0.2, -0.15) is 0 Å². The van der Waals surface area contributed by atoms with E-state index in [1.165, 1.54) is 18.5 Å². The Bertz CT molecular complexity index is 418. The fraction of sp³-hybridized carbons (Fsp3) is 0.333. The molecule has 1 atom stereocenters. The van der Waals surface area contributed by atoms with Gasteiger partial charge in [0.15, 0.2) is 0 Å². The Morgan fingerprint density at radius 1 is 1.10 bits per heavy atom. The molecule has 1 aromatic carbocycles. The van der Waals surface area contributed by atoms with Gasteiger partial charge in [0, 0.05) is 0 Å². The van der Waals surface area contributed by atoms with Crippen LogP contribution in [0.15, 0.2) is 52.4 Å². The molecule has 0 amide bonds. The zero-order valence-corrected chi connectivity index (χ0v) is 15.5. The molecule has 5 heteroatoms. The first-order valence-electron chi connectivity index (χ1n) is 6.07. The molecule has 1 unspecified atom stereocenters. The molecule has 109 valence electrons. The van der Waals surface area contributed by atoms with Crippen LogP contribution in [0.2, 0.25) is 0 Å². The zero-order valence-electron chi connectivity index (χ0n) is 11.7. The molecule has 1 aliphatic carbocycles. The van der Waals surface area contributed by atoms with Gasteiger partial charge in [0.2, 0.25) is 0 Å². The van der Waals surface area contributed by atoms with Crippen LogP contribution in [0.3, 0.4) is 0 Å². The van der Waals surface area contributed by atoms with Gasteiger partial charge in [0.25, 0.3) is 0 Å². The van der Waals surface area contributed by atoms with Gasteiger partial charge in [-0.3, -0.25) is 0 Å². The van der Waals surface area contributed by atoms with E-state index in [9.17, 15) is 0 Å².